The Balaban J connectivity index is 1.92. The summed E-state index contributed by atoms with van der Waals surface area (Å²) in [7, 11) is 1.79. The van der Waals surface area contributed by atoms with Gasteiger partial charge in [-0.3, -0.25) is 9.89 Å². The Morgan fingerprint density at radius 3 is 2.68 bits per heavy atom. The Kier molecular flexibility index (Phi) is 7.94. The standard InChI is InChI=1S/C18H29N5OS/c1-5-14-11-20-17(25-14)13-22-18(19-4)21-12-15(23(6-2)7-3)16-9-8-10-24-16/h8-11,15H,5-7,12-13H2,1-4H3,(H2,19,21,22). The minimum Gasteiger partial charge on any atom is -0.468 e. The van der Waals surface area contributed by atoms with Crippen LogP contribution < -0.4 is 10.6 Å². The van der Waals surface area contributed by atoms with Gasteiger partial charge in [-0.25, -0.2) is 4.98 Å². The van der Waals surface area contributed by atoms with Crippen molar-refractivity contribution in [2.45, 2.75) is 39.8 Å². The zero-order valence-corrected chi connectivity index (χ0v) is 16.4. The lowest BCUT2D eigenvalue weighted by Crippen LogP contribution is -2.42. The van der Waals surface area contributed by atoms with Gasteiger partial charge in [-0.2, -0.15) is 0 Å². The zero-order valence-electron chi connectivity index (χ0n) is 15.6. The van der Waals surface area contributed by atoms with Crippen LogP contribution >= 0.6 is 11.3 Å². The molecular weight excluding hydrogens is 334 g/mol. The molecule has 0 aliphatic rings. The molecule has 2 aromatic rings. The molecule has 1 unspecified atom stereocenters. The molecule has 2 rings (SSSR count). The van der Waals surface area contributed by atoms with E-state index in [0.29, 0.717) is 6.54 Å². The number of hydrogen-bond donors (Lipinski definition) is 2. The summed E-state index contributed by atoms with van der Waals surface area (Å²) in [5.74, 6) is 1.75. The first-order valence-corrected chi connectivity index (χ1v) is 9.68. The first-order chi connectivity index (χ1) is 12.2. The second-order valence-electron chi connectivity index (χ2n) is 5.63. The highest BCUT2D eigenvalue weighted by molar-refractivity contribution is 7.11. The quantitative estimate of drug-likeness (QED) is 0.529. The molecule has 0 spiro atoms. The molecule has 0 fully saturated rings. The molecule has 138 valence electrons. The zero-order chi connectivity index (χ0) is 18.1. The van der Waals surface area contributed by atoms with Crippen LogP contribution in [0, 0.1) is 0 Å². The van der Waals surface area contributed by atoms with E-state index in [-0.39, 0.29) is 6.04 Å². The van der Waals surface area contributed by atoms with Gasteiger partial charge in [0.05, 0.1) is 18.8 Å². The van der Waals surface area contributed by atoms with E-state index in [2.05, 4.69) is 46.3 Å². The van der Waals surface area contributed by atoms with Crippen LogP contribution in [0.4, 0.5) is 0 Å². The van der Waals surface area contributed by atoms with Crippen LogP contribution in [0.3, 0.4) is 0 Å². The molecule has 0 aromatic carbocycles. The molecule has 0 radical (unpaired) electrons. The van der Waals surface area contributed by atoms with E-state index in [0.717, 1.165) is 42.8 Å². The predicted octanol–water partition coefficient (Wildman–Crippen LogP) is 3.05. The van der Waals surface area contributed by atoms with Crippen molar-refractivity contribution in [1.29, 1.82) is 0 Å². The molecule has 6 nitrogen and oxygen atoms in total. The Bertz CT molecular complexity index is 634. The van der Waals surface area contributed by atoms with Crippen LogP contribution in [-0.2, 0) is 13.0 Å². The summed E-state index contributed by atoms with van der Waals surface area (Å²) in [6.07, 6.45) is 4.71. The van der Waals surface area contributed by atoms with Crippen molar-refractivity contribution in [3.05, 3.63) is 40.2 Å². The number of aliphatic imine (C=N–C) groups is 1. The summed E-state index contributed by atoms with van der Waals surface area (Å²) in [5, 5.41) is 7.82. The van der Waals surface area contributed by atoms with Crippen LogP contribution in [0.5, 0.6) is 0 Å². The summed E-state index contributed by atoms with van der Waals surface area (Å²) >= 11 is 1.74. The molecule has 0 amide bonds. The van der Waals surface area contributed by atoms with Gasteiger partial charge >= 0.3 is 0 Å². The maximum Gasteiger partial charge on any atom is 0.191 e. The van der Waals surface area contributed by atoms with Crippen molar-refractivity contribution in [3.8, 4) is 0 Å². The van der Waals surface area contributed by atoms with Crippen LogP contribution in [0.2, 0.25) is 0 Å². The number of nitrogens with zero attached hydrogens (tertiary/aromatic N) is 3. The van der Waals surface area contributed by atoms with E-state index in [4.69, 9.17) is 4.42 Å². The number of nitrogens with one attached hydrogen (secondary N) is 2. The number of thiazole rings is 1. The van der Waals surface area contributed by atoms with Crippen molar-refractivity contribution >= 4 is 17.3 Å². The van der Waals surface area contributed by atoms with Gasteiger partial charge < -0.3 is 15.1 Å². The molecule has 2 aromatic heterocycles. The maximum atomic E-state index is 5.64. The second-order valence-corrected chi connectivity index (χ2v) is 6.83. The van der Waals surface area contributed by atoms with E-state index >= 15 is 0 Å². The maximum absolute atomic E-state index is 5.64. The number of hydrogen-bond acceptors (Lipinski definition) is 5. The Labute approximate surface area is 154 Å². The summed E-state index contributed by atoms with van der Waals surface area (Å²) < 4.78 is 5.64. The summed E-state index contributed by atoms with van der Waals surface area (Å²) in [6.45, 7) is 9.82. The van der Waals surface area contributed by atoms with Gasteiger partial charge in [0.15, 0.2) is 5.96 Å². The van der Waals surface area contributed by atoms with E-state index in [1.807, 2.05) is 18.3 Å². The monoisotopic (exact) mass is 363 g/mol. The lowest BCUT2D eigenvalue weighted by Gasteiger charge is -2.28. The van der Waals surface area contributed by atoms with Crippen LogP contribution in [-0.4, -0.2) is 42.5 Å². The van der Waals surface area contributed by atoms with Gasteiger partial charge in [-0.1, -0.05) is 20.8 Å². The summed E-state index contributed by atoms with van der Waals surface area (Å²) in [6, 6.07) is 4.14. The summed E-state index contributed by atoms with van der Waals surface area (Å²) in [4.78, 5) is 12.4. The van der Waals surface area contributed by atoms with Crippen molar-refractivity contribution < 1.29 is 4.42 Å². The molecule has 7 heteroatoms. The highest BCUT2D eigenvalue weighted by Gasteiger charge is 2.20. The Morgan fingerprint density at radius 1 is 1.32 bits per heavy atom. The number of rotatable bonds is 9. The third-order valence-electron chi connectivity index (χ3n) is 4.17. The second kappa shape index (κ2) is 10.2. The molecule has 1 atom stereocenters. The van der Waals surface area contributed by atoms with Gasteiger partial charge in [-0.05, 0) is 31.6 Å². The third kappa shape index (κ3) is 5.57. The SMILES string of the molecule is CCc1cnc(CNC(=NC)NCC(c2ccco2)N(CC)CC)s1. The number of furan rings is 1. The van der Waals surface area contributed by atoms with Crippen molar-refractivity contribution in [2.24, 2.45) is 4.99 Å². The summed E-state index contributed by atoms with van der Waals surface area (Å²) in [5.41, 5.74) is 0. The normalized spacial score (nSPS) is 13.2. The molecular formula is C18H29N5OS. The number of likely N-dealkylation sites (N-methyl/N-ethyl adjacent to an activating group) is 1. The fourth-order valence-corrected chi connectivity index (χ4v) is 3.52. The lowest BCUT2D eigenvalue weighted by molar-refractivity contribution is 0.193. The van der Waals surface area contributed by atoms with Gasteiger partial charge in [0.2, 0.25) is 0 Å². The molecule has 25 heavy (non-hydrogen) atoms. The Hall–Kier alpha value is -1.86. The number of guanidine groups is 1. The average Bonchev–Trinajstić information content (AvgIpc) is 3.32. The third-order valence-corrected chi connectivity index (χ3v) is 5.31. The van der Waals surface area contributed by atoms with E-state index in [1.165, 1.54) is 4.88 Å². The topological polar surface area (TPSA) is 65.7 Å². The minimum atomic E-state index is 0.176. The van der Waals surface area contributed by atoms with Gasteiger partial charge in [-0.15, -0.1) is 11.3 Å². The molecule has 0 saturated carbocycles. The fourth-order valence-electron chi connectivity index (χ4n) is 2.72. The first kappa shape index (κ1) is 19.5. The smallest absolute Gasteiger partial charge is 0.191 e. The predicted molar refractivity (Wildman–Crippen MR) is 104 cm³/mol. The van der Waals surface area contributed by atoms with Gasteiger partial charge in [0.1, 0.15) is 10.8 Å². The van der Waals surface area contributed by atoms with Crippen LogP contribution in [0.25, 0.3) is 0 Å². The molecule has 0 saturated heterocycles. The first-order valence-electron chi connectivity index (χ1n) is 8.87. The molecule has 0 aliphatic heterocycles. The van der Waals surface area contributed by atoms with Gasteiger partial charge in [0, 0.05) is 24.7 Å². The highest BCUT2D eigenvalue weighted by atomic mass is 32.1. The molecule has 2 heterocycles. The number of aryl methyl sites for hydroxylation is 1. The fraction of sp³-hybridized carbons (Fsp3) is 0.556. The molecule has 0 aliphatic carbocycles. The van der Waals surface area contributed by atoms with E-state index < -0.39 is 0 Å². The largest absolute Gasteiger partial charge is 0.468 e. The van der Waals surface area contributed by atoms with Crippen molar-refractivity contribution in [3.63, 3.8) is 0 Å². The minimum absolute atomic E-state index is 0.176. The van der Waals surface area contributed by atoms with Crippen molar-refractivity contribution in [2.75, 3.05) is 26.7 Å². The van der Waals surface area contributed by atoms with Crippen LogP contribution in [0.1, 0.15) is 42.5 Å². The van der Waals surface area contributed by atoms with E-state index in [1.54, 1.807) is 24.6 Å². The highest BCUT2D eigenvalue weighted by Crippen LogP contribution is 2.20. The van der Waals surface area contributed by atoms with Crippen molar-refractivity contribution in [1.82, 2.24) is 20.5 Å². The Morgan fingerprint density at radius 2 is 2.12 bits per heavy atom. The number of aromatic nitrogens is 1. The van der Waals surface area contributed by atoms with Crippen LogP contribution in [0.15, 0.2) is 34.0 Å². The molecule has 0 bridgehead atoms. The molecule has 2 N–H and O–H groups in total. The average molecular weight is 364 g/mol. The lowest BCUT2D eigenvalue weighted by atomic mass is 10.2. The van der Waals surface area contributed by atoms with E-state index in [9.17, 15) is 0 Å². The van der Waals surface area contributed by atoms with Gasteiger partial charge in [0.25, 0.3) is 0 Å².